The predicted molar refractivity (Wildman–Crippen MR) is 76.5 cm³/mol. The highest BCUT2D eigenvalue weighted by molar-refractivity contribution is 5.95. The van der Waals surface area contributed by atoms with Gasteiger partial charge in [0.2, 0.25) is 0 Å². The largest absolute Gasteiger partial charge is 0.481 e. The van der Waals surface area contributed by atoms with Crippen molar-refractivity contribution in [1.29, 1.82) is 0 Å². The lowest BCUT2D eigenvalue weighted by Crippen LogP contribution is -2.04. The maximum atomic E-state index is 10.8. The van der Waals surface area contributed by atoms with E-state index in [2.05, 4.69) is 16.1 Å². The Hall–Kier alpha value is -2.56. The molecule has 102 valence electrons. The molecule has 0 unspecified atom stereocenters. The summed E-state index contributed by atoms with van der Waals surface area (Å²) < 4.78 is 1.75. The molecule has 0 aliphatic heterocycles. The quantitative estimate of drug-likeness (QED) is 0.764. The van der Waals surface area contributed by atoms with Gasteiger partial charge in [0.1, 0.15) is 0 Å². The van der Waals surface area contributed by atoms with E-state index in [0.29, 0.717) is 6.42 Å². The minimum atomic E-state index is -0.795. The van der Waals surface area contributed by atoms with Gasteiger partial charge in [-0.25, -0.2) is 0 Å². The topological polar surface area (TPSA) is 70.9 Å². The van der Waals surface area contributed by atoms with Gasteiger partial charge in [-0.15, -0.1) is 0 Å². The molecule has 0 radical (unpaired) electrons. The zero-order valence-electron chi connectivity index (χ0n) is 11.1. The van der Waals surface area contributed by atoms with Gasteiger partial charge in [0.05, 0.1) is 12.6 Å². The fourth-order valence-electron chi connectivity index (χ4n) is 2.50. The average Bonchev–Trinajstić information content (AvgIpc) is 3.00. The van der Waals surface area contributed by atoms with Gasteiger partial charge >= 0.3 is 5.97 Å². The summed E-state index contributed by atoms with van der Waals surface area (Å²) in [7, 11) is 1.84. The number of hydrogen-bond donors (Lipinski definition) is 2. The van der Waals surface area contributed by atoms with Crippen molar-refractivity contribution in [3.05, 3.63) is 42.4 Å². The van der Waals surface area contributed by atoms with Gasteiger partial charge in [0, 0.05) is 47.4 Å². The summed E-state index contributed by atoms with van der Waals surface area (Å²) in [5.41, 5.74) is 4.06. The fourth-order valence-corrected chi connectivity index (χ4v) is 2.50. The van der Waals surface area contributed by atoms with Crippen LogP contribution in [0.15, 0.2) is 36.7 Å². The molecule has 0 saturated heterocycles. The van der Waals surface area contributed by atoms with E-state index in [0.717, 1.165) is 27.7 Å². The fraction of sp³-hybridized carbons (Fsp3) is 0.200. The third kappa shape index (κ3) is 2.07. The number of aromatic amines is 1. The molecule has 3 aromatic rings. The van der Waals surface area contributed by atoms with Crippen molar-refractivity contribution in [1.82, 2.24) is 14.8 Å². The van der Waals surface area contributed by atoms with Gasteiger partial charge < -0.3 is 10.1 Å². The third-order valence-corrected chi connectivity index (χ3v) is 3.52. The number of hydrogen-bond acceptors (Lipinski definition) is 2. The smallest absolute Gasteiger partial charge is 0.303 e. The van der Waals surface area contributed by atoms with Gasteiger partial charge in [-0.1, -0.05) is 18.2 Å². The maximum absolute atomic E-state index is 10.8. The monoisotopic (exact) mass is 269 g/mol. The number of aliphatic carboxylic acids is 1. The molecule has 20 heavy (non-hydrogen) atoms. The van der Waals surface area contributed by atoms with Crippen LogP contribution >= 0.6 is 0 Å². The molecule has 0 bridgehead atoms. The second-order valence-corrected chi connectivity index (χ2v) is 4.77. The van der Waals surface area contributed by atoms with Crippen LogP contribution in [0.25, 0.3) is 22.0 Å². The summed E-state index contributed by atoms with van der Waals surface area (Å²) >= 11 is 0. The molecule has 2 aromatic heterocycles. The number of carboxylic acids is 1. The minimum Gasteiger partial charge on any atom is -0.481 e. The molecule has 2 heterocycles. The summed E-state index contributed by atoms with van der Waals surface area (Å²) in [5.74, 6) is -0.795. The highest BCUT2D eigenvalue weighted by Gasteiger charge is 2.15. The van der Waals surface area contributed by atoms with Gasteiger partial charge in [0.25, 0.3) is 0 Å². The van der Waals surface area contributed by atoms with Crippen LogP contribution in [0.3, 0.4) is 0 Å². The van der Waals surface area contributed by atoms with Gasteiger partial charge in [0.15, 0.2) is 0 Å². The van der Waals surface area contributed by atoms with E-state index >= 15 is 0 Å². The van der Waals surface area contributed by atoms with E-state index in [9.17, 15) is 4.79 Å². The van der Waals surface area contributed by atoms with E-state index in [1.165, 1.54) is 0 Å². The van der Waals surface area contributed by atoms with Crippen LogP contribution in [0.2, 0.25) is 0 Å². The first-order valence-electron chi connectivity index (χ1n) is 6.46. The average molecular weight is 269 g/mol. The molecule has 5 heteroatoms. The van der Waals surface area contributed by atoms with E-state index in [4.69, 9.17) is 5.11 Å². The normalized spacial score (nSPS) is 11.1. The lowest BCUT2D eigenvalue weighted by molar-refractivity contribution is -0.136. The van der Waals surface area contributed by atoms with Crippen molar-refractivity contribution in [3.8, 4) is 11.1 Å². The molecule has 0 aliphatic rings. The number of para-hydroxylation sites is 1. The number of rotatable bonds is 4. The molecule has 0 saturated carbocycles. The lowest BCUT2D eigenvalue weighted by Gasteiger charge is -2.04. The number of carboxylic acid groups (broad SMARTS) is 1. The molecule has 0 aliphatic carbocycles. The number of aryl methyl sites for hydroxylation is 1. The standard InChI is InChI=1S/C15H15N3O2/c1-18-14(6-7-15(19)20)12(9-17-18)11-8-16-13-5-3-2-4-10(11)13/h2-5,8-9,16H,6-7H2,1H3,(H,19,20). The zero-order valence-corrected chi connectivity index (χ0v) is 11.1. The molecule has 0 amide bonds. The van der Waals surface area contributed by atoms with Gasteiger partial charge in [-0.05, 0) is 6.07 Å². The Balaban J connectivity index is 2.08. The van der Waals surface area contributed by atoms with Crippen LogP contribution in [0.5, 0.6) is 0 Å². The van der Waals surface area contributed by atoms with E-state index in [1.54, 1.807) is 10.9 Å². The number of H-pyrrole nitrogens is 1. The Bertz CT molecular complexity index is 770. The lowest BCUT2D eigenvalue weighted by atomic mass is 10.0. The van der Waals surface area contributed by atoms with Crippen molar-refractivity contribution in [2.24, 2.45) is 7.05 Å². The molecule has 0 atom stereocenters. The Labute approximate surface area is 115 Å². The Morgan fingerprint density at radius 3 is 2.95 bits per heavy atom. The number of nitrogens with zero attached hydrogens (tertiary/aromatic N) is 2. The van der Waals surface area contributed by atoms with Crippen LogP contribution in [0.1, 0.15) is 12.1 Å². The summed E-state index contributed by atoms with van der Waals surface area (Å²) in [6.07, 6.45) is 4.33. The summed E-state index contributed by atoms with van der Waals surface area (Å²) in [6, 6.07) is 8.05. The highest BCUT2D eigenvalue weighted by Crippen LogP contribution is 2.31. The molecule has 3 rings (SSSR count). The molecule has 5 nitrogen and oxygen atoms in total. The molecular formula is C15H15N3O2. The van der Waals surface area contributed by atoms with Crippen molar-refractivity contribution in [2.45, 2.75) is 12.8 Å². The zero-order chi connectivity index (χ0) is 14.1. The molecule has 0 spiro atoms. The van der Waals surface area contributed by atoms with Crippen LogP contribution < -0.4 is 0 Å². The summed E-state index contributed by atoms with van der Waals surface area (Å²) in [4.78, 5) is 14.0. The van der Waals surface area contributed by atoms with Crippen LogP contribution in [0, 0.1) is 0 Å². The van der Waals surface area contributed by atoms with Gasteiger partial charge in [-0.3, -0.25) is 9.48 Å². The highest BCUT2D eigenvalue weighted by atomic mass is 16.4. The number of benzene rings is 1. The first-order valence-corrected chi connectivity index (χ1v) is 6.46. The molecule has 1 aromatic carbocycles. The second-order valence-electron chi connectivity index (χ2n) is 4.77. The second kappa shape index (κ2) is 4.85. The first kappa shape index (κ1) is 12.5. The van der Waals surface area contributed by atoms with E-state index in [1.807, 2.05) is 31.4 Å². The number of carbonyl (C=O) groups is 1. The molecule has 0 fully saturated rings. The van der Waals surface area contributed by atoms with E-state index in [-0.39, 0.29) is 6.42 Å². The Morgan fingerprint density at radius 2 is 2.15 bits per heavy atom. The summed E-state index contributed by atoms with van der Waals surface area (Å²) in [5, 5.41) is 14.3. The van der Waals surface area contributed by atoms with Crippen molar-refractivity contribution in [2.75, 3.05) is 0 Å². The van der Waals surface area contributed by atoms with E-state index < -0.39 is 5.97 Å². The van der Waals surface area contributed by atoms with Crippen LogP contribution in [-0.2, 0) is 18.3 Å². The van der Waals surface area contributed by atoms with Crippen molar-refractivity contribution >= 4 is 16.9 Å². The van der Waals surface area contributed by atoms with Crippen molar-refractivity contribution < 1.29 is 9.90 Å². The maximum Gasteiger partial charge on any atom is 0.303 e. The molecule has 2 N–H and O–H groups in total. The Morgan fingerprint density at radius 1 is 1.35 bits per heavy atom. The molecular weight excluding hydrogens is 254 g/mol. The number of aromatic nitrogens is 3. The number of fused-ring (bicyclic) bond motifs is 1. The Kier molecular flexibility index (Phi) is 3.02. The SMILES string of the molecule is Cn1ncc(-c2c[nH]c3ccccc23)c1CCC(=O)O. The minimum absolute atomic E-state index is 0.106. The third-order valence-electron chi connectivity index (χ3n) is 3.52. The number of nitrogens with one attached hydrogen (secondary N) is 1. The first-order chi connectivity index (χ1) is 9.66. The van der Waals surface area contributed by atoms with Crippen LogP contribution in [0.4, 0.5) is 0 Å². The predicted octanol–water partition coefficient (Wildman–Crippen LogP) is 2.59. The van der Waals surface area contributed by atoms with Crippen molar-refractivity contribution in [3.63, 3.8) is 0 Å². The summed E-state index contributed by atoms with van der Waals surface area (Å²) in [6.45, 7) is 0. The van der Waals surface area contributed by atoms with Gasteiger partial charge in [-0.2, -0.15) is 5.10 Å². The van der Waals surface area contributed by atoms with Crippen LogP contribution in [-0.4, -0.2) is 25.8 Å².